The quantitative estimate of drug-likeness (QED) is 0.734. The molecule has 0 heterocycles. The van der Waals surface area contributed by atoms with Gasteiger partial charge in [0.25, 0.3) is 0 Å². The van der Waals surface area contributed by atoms with Crippen LogP contribution in [0.3, 0.4) is 0 Å². The van der Waals surface area contributed by atoms with Crippen LogP contribution >= 0.6 is 0 Å². The zero-order chi connectivity index (χ0) is 10.8. The van der Waals surface area contributed by atoms with Gasteiger partial charge in [-0.05, 0) is 24.0 Å². The molecular weight excluding hydrogens is 184 g/mol. The molecule has 0 radical (unpaired) electrons. The van der Waals surface area contributed by atoms with Crippen molar-refractivity contribution in [3.63, 3.8) is 0 Å². The predicted molar refractivity (Wildman–Crippen MR) is 62.0 cm³/mol. The summed E-state index contributed by atoms with van der Waals surface area (Å²) >= 11 is 0. The number of Topliss-reactive ketones (excluding diaryl/α,β-unsaturated/α-hetero) is 1. The first-order valence-corrected chi connectivity index (χ1v) is 5.87. The summed E-state index contributed by atoms with van der Waals surface area (Å²) in [6, 6.07) is 8.76. The van der Waals surface area contributed by atoms with E-state index in [9.17, 15) is 4.79 Å². The van der Waals surface area contributed by atoms with E-state index in [1.807, 2.05) is 0 Å². The van der Waals surface area contributed by atoms with Crippen LogP contribution in [0.2, 0.25) is 0 Å². The Labute approximate surface area is 91.5 Å². The first-order valence-electron chi connectivity index (χ1n) is 5.87. The molecule has 1 nitrogen and oxygen atoms in total. The minimum Gasteiger partial charge on any atom is -0.299 e. The summed E-state index contributed by atoms with van der Waals surface area (Å²) in [7, 11) is 0. The molecule has 0 amide bonds. The van der Waals surface area contributed by atoms with Gasteiger partial charge in [0.2, 0.25) is 0 Å². The molecule has 2 unspecified atom stereocenters. The molecule has 0 aliphatic heterocycles. The van der Waals surface area contributed by atoms with Crippen LogP contribution < -0.4 is 0 Å². The molecule has 0 spiro atoms. The highest BCUT2D eigenvalue weighted by Crippen LogP contribution is 2.41. The average molecular weight is 202 g/mol. The summed E-state index contributed by atoms with van der Waals surface area (Å²) in [6.07, 6.45) is 2.82. The van der Waals surface area contributed by atoms with E-state index in [-0.39, 0.29) is 5.92 Å². The van der Waals surface area contributed by atoms with Crippen molar-refractivity contribution in [3.8, 4) is 0 Å². The van der Waals surface area contributed by atoms with E-state index in [1.165, 1.54) is 11.1 Å². The Bertz CT molecular complexity index is 350. The topological polar surface area (TPSA) is 17.1 Å². The lowest BCUT2D eigenvalue weighted by atomic mass is 9.68. The Morgan fingerprint density at radius 2 is 1.87 bits per heavy atom. The number of rotatable bonds is 3. The smallest absolute Gasteiger partial charge is 0.137 e. The number of hydrogen-bond donors (Lipinski definition) is 0. The number of carbonyl (C=O) groups is 1. The second-order valence-electron chi connectivity index (χ2n) is 4.39. The maximum Gasteiger partial charge on any atom is 0.137 e. The normalized spacial score (nSPS) is 25.1. The molecule has 1 aliphatic carbocycles. The maximum atomic E-state index is 11.4. The van der Waals surface area contributed by atoms with Crippen LogP contribution in [0.15, 0.2) is 24.3 Å². The molecule has 1 fully saturated rings. The van der Waals surface area contributed by atoms with E-state index in [0.29, 0.717) is 11.7 Å². The standard InChI is InChI=1S/C14H18O/c1-3-10-5-7-11(8-6-10)13-9-14(15)12(13)4-2/h5-8,12-13H,3-4,9H2,1-2H3. The third kappa shape index (κ3) is 1.83. The van der Waals surface area contributed by atoms with Gasteiger partial charge >= 0.3 is 0 Å². The zero-order valence-electron chi connectivity index (χ0n) is 9.49. The molecule has 2 rings (SSSR count). The van der Waals surface area contributed by atoms with Crippen LogP contribution in [-0.4, -0.2) is 5.78 Å². The van der Waals surface area contributed by atoms with Gasteiger partial charge in [-0.1, -0.05) is 38.1 Å². The molecule has 1 aromatic carbocycles. The average Bonchev–Trinajstić information content (AvgIpc) is 2.26. The summed E-state index contributed by atoms with van der Waals surface area (Å²) in [6.45, 7) is 4.27. The minimum atomic E-state index is 0.289. The van der Waals surface area contributed by atoms with Crippen molar-refractivity contribution in [2.45, 2.75) is 39.0 Å². The van der Waals surface area contributed by atoms with Crippen molar-refractivity contribution in [2.24, 2.45) is 5.92 Å². The van der Waals surface area contributed by atoms with Gasteiger partial charge in [-0.3, -0.25) is 4.79 Å². The second kappa shape index (κ2) is 4.18. The van der Waals surface area contributed by atoms with Crippen molar-refractivity contribution < 1.29 is 4.79 Å². The lowest BCUT2D eigenvalue weighted by Gasteiger charge is -2.34. The van der Waals surface area contributed by atoms with Crippen molar-refractivity contribution in [2.75, 3.05) is 0 Å². The summed E-state index contributed by atoms with van der Waals surface area (Å²) in [4.78, 5) is 11.4. The van der Waals surface area contributed by atoms with E-state index in [1.54, 1.807) is 0 Å². The van der Waals surface area contributed by atoms with Crippen molar-refractivity contribution >= 4 is 5.78 Å². The molecule has 0 aromatic heterocycles. The van der Waals surface area contributed by atoms with Crippen LogP contribution in [0.4, 0.5) is 0 Å². The number of hydrogen-bond acceptors (Lipinski definition) is 1. The SMILES string of the molecule is CCc1ccc(C2CC(=O)C2CC)cc1. The van der Waals surface area contributed by atoms with Crippen LogP contribution in [0, 0.1) is 5.92 Å². The highest BCUT2D eigenvalue weighted by molar-refractivity contribution is 5.89. The van der Waals surface area contributed by atoms with Crippen molar-refractivity contribution in [1.29, 1.82) is 0 Å². The Balaban J connectivity index is 2.13. The largest absolute Gasteiger partial charge is 0.299 e. The van der Waals surface area contributed by atoms with Gasteiger partial charge in [0.15, 0.2) is 0 Å². The summed E-state index contributed by atoms with van der Waals surface area (Å²) < 4.78 is 0. The first-order chi connectivity index (χ1) is 7.26. The van der Waals surface area contributed by atoms with Gasteiger partial charge in [-0.25, -0.2) is 0 Å². The van der Waals surface area contributed by atoms with Crippen LogP contribution in [0.25, 0.3) is 0 Å². The van der Waals surface area contributed by atoms with Gasteiger partial charge in [0.1, 0.15) is 5.78 Å². The van der Waals surface area contributed by atoms with Crippen LogP contribution in [0.5, 0.6) is 0 Å². The highest BCUT2D eigenvalue weighted by Gasteiger charge is 2.38. The Morgan fingerprint density at radius 3 is 2.33 bits per heavy atom. The van der Waals surface area contributed by atoms with Gasteiger partial charge in [-0.2, -0.15) is 0 Å². The Hall–Kier alpha value is -1.11. The molecule has 1 aromatic rings. The van der Waals surface area contributed by atoms with Crippen LogP contribution in [-0.2, 0) is 11.2 Å². The minimum absolute atomic E-state index is 0.289. The lowest BCUT2D eigenvalue weighted by Crippen LogP contribution is -2.34. The monoisotopic (exact) mass is 202 g/mol. The van der Waals surface area contributed by atoms with Crippen molar-refractivity contribution in [1.82, 2.24) is 0 Å². The number of carbonyl (C=O) groups excluding carboxylic acids is 1. The maximum absolute atomic E-state index is 11.4. The summed E-state index contributed by atoms with van der Waals surface area (Å²) in [5.41, 5.74) is 2.72. The molecule has 1 aliphatic rings. The van der Waals surface area contributed by atoms with Gasteiger partial charge < -0.3 is 0 Å². The van der Waals surface area contributed by atoms with Gasteiger partial charge in [0.05, 0.1) is 0 Å². The molecule has 0 bridgehead atoms. The Kier molecular flexibility index (Phi) is 2.90. The number of aryl methyl sites for hydroxylation is 1. The molecular formula is C14H18O. The lowest BCUT2D eigenvalue weighted by molar-refractivity contribution is -0.131. The van der Waals surface area contributed by atoms with E-state index >= 15 is 0 Å². The highest BCUT2D eigenvalue weighted by atomic mass is 16.1. The van der Waals surface area contributed by atoms with E-state index < -0.39 is 0 Å². The first kappa shape index (κ1) is 10.4. The second-order valence-corrected chi connectivity index (χ2v) is 4.39. The van der Waals surface area contributed by atoms with E-state index in [2.05, 4.69) is 38.1 Å². The number of ketones is 1. The number of benzene rings is 1. The zero-order valence-corrected chi connectivity index (χ0v) is 9.49. The van der Waals surface area contributed by atoms with Crippen molar-refractivity contribution in [3.05, 3.63) is 35.4 Å². The van der Waals surface area contributed by atoms with Gasteiger partial charge in [0, 0.05) is 18.3 Å². The molecule has 15 heavy (non-hydrogen) atoms. The van der Waals surface area contributed by atoms with E-state index in [4.69, 9.17) is 0 Å². The summed E-state index contributed by atoms with van der Waals surface area (Å²) in [5.74, 6) is 1.23. The van der Waals surface area contributed by atoms with Gasteiger partial charge in [-0.15, -0.1) is 0 Å². The third-order valence-corrected chi connectivity index (χ3v) is 3.58. The van der Waals surface area contributed by atoms with Crippen LogP contribution in [0.1, 0.15) is 43.7 Å². The molecule has 1 saturated carbocycles. The van der Waals surface area contributed by atoms with E-state index in [0.717, 1.165) is 19.3 Å². The molecule has 1 heteroatoms. The molecule has 0 N–H and O–H groups in total. The predicted octanol–water partition coefficient (Wildman–Crippen LogP) is 3.33. The molecule has 80 valence electrons. The molecule has 2 atom stereocenters. The summed E-state index contributed by atoms with van der Waals surface area (Å²) in [5, 5.41) is 0. The third-order valence-electron chi connectivity index (χ3n) is 3.58. The fraction of sp³-hybridized carbons (Fsp3) is 0.500. The fourth-order valence-electron chi connectivity index (χ4n) is 2.44. The Morgan fingerprint density at radius 1 is 1.20 bits per heavy atom. The fourth-order valence-corrected chi connectivity index (χ4v) is 2.44. The molecule has 0 saturated heterocycles.